The second-order valence-electron chi connectivity index (χ2n) is 11.2. The molecule has 0 bridgehead atoms. The minimum atomic E-state index is -0.204. The fraction of sp³-hybridized carbons (Fsp3) is 0.500. The van der Waals surface area contributed by atoms with Gasteiger partial charge >= 0.3 is 0 Å². The summed E-state index contributed by atoms with van der Waals surface area (Å²) < 4.78 is 0. The SMILES string of the molecule is CC1=C(C)C(C[SiH2]CC2C(C)=C(C)c3c(C)c(C)c(C)c(C)c32)c2c(C)c(C)c(C)c(C)c21. The van der Waals surface area contributed by atoms with Crippen LogP contribution in [0.3, 0.4) is 0 Å². The molecule has 0 amide bonds. The summed E-state index contributed by atoms with van der Waals surface area (Å²) in [5.41, 5.74) is 25.1. The minimum absolute atomic E-state index is 0.204. The van der Waals surface area contributed by atoms with E-state index >= 15 is 0 Å². The van der Waals surface area contributed by atoms with Crippen LogP contribution >= 0.6 is 0 Å². The molecule has 4 rings (SSSR count). The summed E-state index contributed by atoms with van der Waals surface area (Å²) in [5.74, 6) is 1.30. The van der Waals surface area contributed by atoms with Crippen LogP contribution < -0.4 is 0 Å². The van der Waals surface area contributed by atoms with Crippen LogP contribution in [0.5, 0.6) is 0 Å². The van der Waals surface area contributed by atoms with Gasteiger partial charge in [0.2, 0.25) is 0 Å². The topological polar surface area (TPSA) is 0 Å². The van der Waals surface area contributed by atoms with Gasteiger partial charge in [-0.15, -0.1) is 0 Å². The molecule has 2 aromatic rings. The Balaban J connectivity index is 1.65. The fourth-order valence-electron chi connectivity index (χ4n) is 7.12. The van der Waals surface area contributed by atoms with Crippen molar-refractivity contribution in [2.75, 3.05) is 0 Å². The van der Waals surface area contributed by atoms with Gasteiger partial charge in [-0.2, -0.15) is 0 Å². The maximum atomic E-state index is 2.41. The van der Waals surface area contributed by atoms with Gasteiger partial charge in [0.25, 0.3) is 0 Å². The highest BCUT2D eigenvalue weighted by atomic mass is 28.2. The lowest BCUT2D eigenvalue weighted by Crippen LogP contribution is -2.10. The third-order valence-corrected chi connectivity index (χ3v) is 12.1. The molecule has 0 N–H and O–H groups in total. The molecule has 0 radical (unpaired) electrons. The largest absolute Gasteiger partial charge is 0.0626 e. The Morgan fingerprint density at radius 1 is 0.424 bits per heavy atom. The van der Waals surface area contributed by atoms with Crippen molar-refractivity contribution >= 4 is 20.7 Å². The van der Waals surface area contributed by atoms with Crippen molar-refractivity contribution in [1.82, 2.24) is 0 Å². The van der Waals surface area contributed by atoms with E-state index in [0.29, 0.717) is 11.8 Å². The standard InChI is InChI=1S/C32H44Si/c1-15-17(3)23(9)31-27(19(5)25(11)29(31)21(15)7)13-33-14-28-20(6)26(12)30-22(8)16(2)18(4)24(10)32(28)30/h27-28H,13-14,33H2,1-12H3. The number of rotatable bonds is 4. The van der Waals surface area contributed by atoms with Gasteiger partial charge in [0.1, 0.15) is 0 Å². The molecule has 0 saturated carbocycles. The molecule has 0 aliphatic heterocycles. The van der Waals surface area contributed by atoms with Crippen LogP contribution in [0.2, 0.25) is 12.1 Å². The van der Waals surface area contributed by atoms with E-state index in [4.69, 9.17) is 0 Å². The molecule has 2 aliphatic rings. The molecular weight excluding hydrogens is 412 g/mol. The molecule has 176 valence electrons. The van der Waals surface area contributed by atoms with E-state index in [-0.39, 0.29) is 9.52 Å². The van der Waals surface area contributed by atoms with Crippen LogP contribution in [0.25, 0.3) is 11.1 Å². The number of benzene rings is 2. The summed E-state index contributed by atoms with van der Waals surface area (Å²) in [6.07, 6.45) is 0. The van der Waals surface area contributed by atoms with Crippen molar-refractivity contribution in [3.05, 3.63) is 77.9 Å². The molecular formula is C32H44Si. The van der Waals surface area contributed by atoms with Gasteiger partial charge in [-0.3, -0.25) is 0 Å². The smallest absolute Gasteiger partial charge is 0.0218 e. The first-order valence-electron chi connectivity index (χ1n) is 13.0. The highest BCUT2D eigenvalue weighted by Crippen LogP contribution is 2.51. The molecule has 2 aromatic carbocycles. The molecule has 1 heteroatoms. The first kappa shape index (κ1) is 24.3. The Labute approximate surface area is 205 Å². The van der Waals surface area contributed by atoms with E-state index in [2.05, 4.69) is 83.1 Å². The molecule has 2 atom stereocenters. The van der Waals surface area contributed by atoms with E-state index in [1.807, 2.05) is 0 Å². The minimum Gasteiger partial charge on any atom is -0.0626 e. The molecule has 0 nitrogen and oxygen atoms in total. The summed E-state index contributed by atoms with van der Waals surface area (Å²) in [6.45, 7) is 28.3. The summed E-state index contributed by atoms with van der Waals surface area (Å²) in [6, 6.07) is 2.81. The van der Waals surface area contributed by atoms with Gasteiger partial charge in [-0.25, -0.2) is 0 Å². The number of hydrogen-bond acceptors (Lipinski definition) is 0. The monoisotopic (exact) mass is 456 g/mol. The van der Waals surface area contributed by atoms with Crippen molar-refractivity contribution in [3.8, 4) is 0 Å². The van der Waals surface area contributed by atoms with E-state index in [1.54, 1.807) is 55.7 Å². The Morgan fingerprint density at radius 3 is 1.06 bits per heavy atom. The van der Waals surface area contributed by atoms with Crippen molar-refractivity contribution < 1.29 is 0 Å². The van der Waals surface area contributed by atoms with Gasteiger partial charge in [-0.05, 0) is 161 Å². The quantitative estimate of drug-likeness (QED) is 0.404. The number of hydrogen-bond donors (Lipinski definition) is 0. The maximum absolute atomic E-state index is 2.41. The van der Waals surface area contributed by atoms with Gasteiger partial charge in [0, 0.05) is 21.4 Å². The van der Waals surface area contributed by atoms with Gasteiger partial charge in [-0.1, -0.05) is 23.2 Å². The first-order valence-corrected chi connectivity index (χ1v) is 15.0. The van der Waals surface area contributed by atoms with E-state index in [1.165, 1.54) is 45.5 Å². The number of fused-ring (bicyclic) bond motifs is 2. The highest BCUT2D eigenvalue weighted by Gasteiger charge is 2.33. The van der Waals surface area contributed by atoms with Gasteiger partial charge in [0.15, 0.2) is 0 Å². The third kappa shape index (κ3) is 3.37. The first-order chi connectivity index (χ1) is 15.4. The zero-order valence-electron chi connectivity index (χ0n) is 23.3. The van der Waals surface area contributed by atoms with Gasteiger partial charge in [0.05, 0.1) is 0 Å². The summed E-state index contributed by atoms with van der Waals surface area (Å²) in [5, 5.41) is 0. The second kappa shape index (κ2) is 8.42. The second-order valence-corrected chi connectivity index (χ2v) is 13.1. The number of allylic oxidation sites excluding steroid dienone is 4. The molecule has 0 spiro atoms. The van der Waals surface area contributed by atoms with Crippen LogP contribution in [0.1, 0.15) is 106 Å². The Hall–Kier alpha value is -1.86. The lowest BCUT2D eigenvalue weighted by atomic mass is 9.86. The van der Waals surface area contributed by atoms with Crippen LogP contribution in [-0.4, -0.2) is 9.52 Å². The average Bonchev–Trinajstić information content (AvgIpc) is 3.19. The third-order valence-electron chi connectivity index (χ3n) is 10.1. The normalized spacial score (nSPS) is 20.0. The molecule has 0 saturated heterocycles. The van der Waals surface area contributed by atoms with Crippen molar-refractivity contribution in [3.63, 3.8) is 0 Å². The summed E-state index contributed by atoms with van der Waals surface area (Å²) >= 11 is 0. The highest BCUT2D eigenvalue weighted by molar-refractivity contribution is 6.36. The predicted molar refractivity (Wildman–Crippen MR) is 151 cm³/mol. The molecule has 0 heterocycles. The summed E-state index contributed by atoms with van der Waals surface area (Å²) in [7, 11) is -0.204. The van der Waals surface area contributed by atoms with Crippen LogP contribution in [-0.2, 0) is 0 Å². The van der Waals surface area contributed by atoms with Crippen LogP contribution in [0.15, 0.2) is 11.1 Å². The van der Waals surface area contributed by atoms with E-state index in [9.17, 15) is 0 Å². The summed E-state index contributed by atoms with van der Waals surface area (Å²) in [4.78, 5) is 0. The van der Waals surface area contributed by atoms with Crippen molar-refractivity contribution in [2.24, 2.45) is 0 Å². The van der Waals surface area contributed by atoms with Crippen LogP contribution in [0.4, 0.5) is 0 Å². The zero-order valence-corrected chi connectivity index (χ0v) is 24.7. The molecule has 0 aromatic heterocycles. The maximum Gasteiger partial charge on any atom is 0.0218 e. The Kier molecular flexibility index (Phi) is 6.19. The fourth-order valence-corrected chi connectivity index (χ4v) is 9.61. The molecule has 0 fully saturated rings. The van der Waals surface area contributed by atoms with Crippen molar-refractivity contribution in [1.29, 1.82) is 0 Å². The Morgan fingerprint density at radius 2 is 0.727 bits per heavy atom. The average molecular weight is 457 g/mol. The van der Waals surface area contributed by atoms with E-state index < -0.39 is 0 Å². The van der Waals surface area contributed by atoms with Gasteiger partial charge < -0.3 is 0 Å². The Bertz CT molecular complexity index is 1150. The molecule has 2 aliphatic carbocycles. The van der Waals surface area contributed by atoms with Crippen molar-refractivity contribution in [2.45, 2.75) is 107 Å². The van der Waals surface area contributed by atoms with Crippen LogP contribution in [0, 0.1) is 55.4 Å². The van der Waals surface area contributed by atoms with E-state index in [0.717, 1.165) is 0 Å². The lowest BCUT2D eigenvalue weighted by molar-refractivity contribution is 0.860. The predicted octanol–water partition coefficient (Wildman–Crippen LogP) is 8.64. The molecule has 2 unspecified atom stereocenters. The molecule has 33 heavy (non-hydrogen) atoms. The zero-order chi connectivity index (χ0) is 24.5. The lowest BCUT2D eigenvalue weighted by Gasteiger charge is -2.23.